The zero-order chi connectivity index (χ0) is 15.4. The summed E-state index contributed by atoms with van der Waals surface area (Å²) in [4.78, 5) is 24.9. The number of likely N-dealkylation sites (tertiary alicyclic amines) is 1. The van der Waals surface area contributed by atoms with Crippen LogP contribution in [-0.2, 0) is 16.0 Å². The highest BCUT2D eigenvalue weighted by Crippen LogP contribution is 2.20. The summed E-state index contributed by atoms with van der Waals surface area (Å²) in [7, 11) is 0. The summed E-state index contributed by atoms with van der Waals surface area (Å²) < 4.78 is 1.07. The van der Waals surface area contributed by atoms with Gasteiger partial charge >= 0.3 is 5.97 Å². The molecule has 0 bridgehead atoms. The minimum absolute atomic E-state index is 0.0570. The Morgan fingerprint density at radius 2 is 2.19 bits per heavy atom. The topological polar surface area (TPSA) is 57.6 Å². The van der Waals surface area contributed by atoms with Crippen LogP contribution in [0.1, 0.15) is 30.4 Å². The Hall–Kier alpha value is -1.36. The number of hydrogen-bond acceptors (Lipinski definition) is 2. The first-order valence-electron chi connectivity index (χ1n) is 7.23. The molecule has 0 aromatic heterocycles. The summed E-state index contributed by atoms with van der Waals surface area (Å²) in [6, 6.07) is 6.09. The highest BCUT2D eigenvalue weighted by atomic mass is 79.9. The summed E-state index contributed by atoms with van der Waals surface area (Å²) >= 11 is 3.46. The van der Waals surface area contributed by atoms with E-state index in [0.717, 1.165) is 22.0 Å². The van der Waals surface area contributed by atoms with Gasteiger partial charge in [-0.3, -0.25) is 9.59 Å². The van der Waals surface area contributed by atoms with Gasteiger partial charge in [0.2, 0.25) is 5.91 Å². The van der Waals surface area contributed by atoms with Crippen molar-refractivity contribution in [2.45, 2.75) is 32.6 Å². The van der Waals surface area contributed by atoms with Crippen molar-refractivity contribution in [1.82, 2.24) is 4.90 Å². The molecule has 4 nitrogen and oxygen atoms in total. The van der Waals surface area contributed by atoms with E-state index in [1.165, 1.54) is 0 Å². The number of piperidine rings is 1. The van der Waals surface area contributed by atoms with E-state index in [2.05, 4.69) is 22.0 Å². The van der Waals surface area contributed by atoms with E-state index in [4.69, 9.17) is 5.11 Å². The lowest BCUT2D eigenvalue weighted by Gasteiger charge is -2.30. The van der Waals surface area contributed by atoms with Crippen molar-refractivity contribution in [3.8, 4) is 0 Å². The molecule has 0 unspecified atom stereocenters. The van der Waals surface area contributed by atoms with Gasteiger partial charge in [-0.15, -0.1) is 0 Å². The van der Waals surface area contributed by atoms with Crippen LogP contribution in [0.2, 0.25) is 0 Å². The summed E-state index contributed by atoms with van der Waals surface area (Å²) in [5.74, 6) is -1.14. The number of carboxylic acids is 1. The molecule has 21 heavy (non-hydrogen) atoms. The quantitative estimate of drug-likeness (QED) is 0.904. The van der Waals surface area contributed by atoms with Gasteiger partial charge in [-0.25, -0.2) is 0 Å². The van der Waals surface area contributed by atoms with Crippen molar-refractivity contribution in [3.05, 3.63) is 33.8 Å². The third kappa shape index (κ3) is 4.30. The van der Waals surface area contributed by atoms with Crippen LogP contribution in [0.15, 0.2) is 22.7 Å². The van der Waals surface area contributed by atoms with Crippen molar-refractivity contribution in [2.24, 2.45) is 5.92 Å². The third-order valence-corrected chi connectivity index (χ3v) is 4.86. The maximum absolute atomic E-state index is 12.2. The monoisotopic (exact) mass is 353 g/mol. The Labute approximate surface area is 133 Å². The molecule has 114 valence electrons. The van der Waals surface area contributed by atoms with Gasteiger partial charge in [0.1, 0.15) is 0 Å². The van der Waals surface area contributed by atoms with E-state index in [0.29, 0.717) is 32.4 Å². The van der Waals surface area contributed by atoms with E-state index in [1.807, 2.05) is 19.1 Å². The molecular weight excluding hydrogens is 334 g/mol. The molecule has 2 rings (SSSR count). The molecule has 0 aliphatic carbocycles. The maximum atomic E-state index is 12.2. The summed E-state index contributed by atoms with van der Waals surface area (Å²) in [6.45, 7) is 3.06. The van der Waals surface area contributed by atoms with E-state index in [9.17, 15) is 9.59 Å². The van der Waals surface area contributed by atoms with Crippen LogP contribution in [0.5, 0.6) is 0 Å². The second-order valence-corrected chi connectivity index (χ2v) is 6.46. The lowest BCUT2D eigenvalue weighted by atomic mass is 9.97. The molecule has 1 aliphatic heterocycles. The molecule has 1 atom stereocenters. The molecule has 1 N–H and O–H groups in total. The van der Waals surface area contributed by atoms with Crippen LogP contribution < -0.4 is 0 Å². The molecule has 1 aliphatic rings. The van der Waals surface area contributed by atoms with Crippen LogP contribution in [0.3, 0.4) is 0 Å². The fourth-order valence-electron chi connectivity index (χ4n) is 2.68. The van der Waals surface area contributed by atoms with Gasteiger partial charge in [0, 0.05) is 24.0 Å². The predicted octanol–water partition coefficient (Wildman–Crippen LogP) is 3.01. The van der Waals surface area contributed by atoms with Crippen molar-refractivity contribution in [3.63, 3.8) is 0 Å². The molecule has 0 saturated carbocycles. The Bertz CT molecular complexity index is 544. The molecule has 1 heterocycles. The largest absolute Gasteiger partial charge is 0.481 e. The van der Waals surface area contributed by atoms with Crippen molar-refractivity contribution < 1.29 is 14.7 Å². The first kappa shape index (κ1) is 16.0. The van der Waals surface area contributed by atoms with E-state index in [1.54, 1.807) is 4.90 Å². The number of amides is 1. The van der Waals surface area contributed by atoms with E-state index >= 15 is 0 Å². The van der Waals surface area contributed by atoms with Gasteiger partial charge in [0.15, 0.2) is 0 Å². The zero-order valence-corrected chi connectivity index (χ0v) is 13.7. The predicted molar refractivity (Wildman–Crippen MR) is 84.1 cm³/mol. The van der Waals surface area contributed by atoms with Crippen LogP contribution in [0, 0.1) is 12.8 Å². The van der Waals surface area contributed by atoms with Crippen molar-refractivity contribution in [1.29, 1.82) is 0 Å². The summed E-state index contributed by atoms with van der Waals surface area (Å²) in [5.41, 5.74) is 2.29. The first-order valence-corrected chi connectivity index (χ1v) is 8.02. The molecular formula is C16H20BrNO3. The number of carboxylic acid groups (broad SMARTS) is 1. The van der Waals surface area contributed by atoms with Gasteiger partial charge in [-0.1, -0.05) is 28.1 Å². The molecule has 1 aromatic carbocycles. The van der Waals surface area contributed by atoms with Gasteiger partial charge in [-0.05, 0) is 43.4 Å². The number of carbonyl (C=O) groups is 2. The lowest BCUT2D eigenvalue weighted by molar-refractivity contribution is -0.145. The van der Waals surface area contributed by atoms with Crippen molar-refractivity contribution in [2.75, 3.05) is 13.1 Å². The average Bonchev–Trinajstić information content (AvgIpc) is 2.48. The Balaban J connectivity index is 1.89. The lowest BCUT2D eigenvalue weighted by Crippen LogP contribution is -2.42. The number of aryl methyl sites for hydroxylation is 2. The molecule has 0 radical (unpaired) electrons. The zero-order valence-electron chi connectivity index (χ0n) is 12.1. The van der Waals surface area contributed by atoms with Gasteiger partial charge in [0.05, 0.1) is 5.92 Å². The summed E-state index contributed by atoms with van der Waals surface area (Å²) in [5, 5.41) is 9.06. The van der Waals surface area contributed by atoms with Crippen LogP contribution >= 0.6 is 15.9 Å². The minimum atomic E-state index is -0.795. The number of nitrogens with zero attached hydrogens (tertiary/aromatic N) is 1. The fourth-order valence-corrected chi connectivity index (χ4v) is 2.92. The highest BCUT2D eigenvalue weighted by molar-refractivity contribution is 9.10. The minimum Gasteiger partial charge on any atom is -0.481 e. The molecule has 1 aromatic rings. The summed E-state index contributed by atoms with van der Waals surface area (Å²) in [6.07, 6.45) is 2.58. The smallest absolute Gasteiger partial charge is 0.308 e. The van der Waals surface area contributed by atoms with Gasteiger partial charge in [-0.2, -0.15) is 0 Å². The van der Waals surface area contributed by atoms with Gasteiger partial charge < -0.3 is 10.0 Å². The van der Waals surface area contributed by atoms with E-state index < -0.39 is 11.9 Å². The van der Waals surface area contributed by atoms with Crippen LogP contribution in [-0.4, -0.2) is 35.0 Å². The number of rotatable bonds is 4. The molecule has 0 spiro atoms. The Kier molecular flexibility index (Phi) is 5.39. The average molecular weight is 354 g/mol. The van der Waals surface area contributed by atoms with Crippen LogP contribution in [0.4, 0.5) is 0 Å². The first-order chi connectivity index (χ1) is 9.97. The standard InChI is InChI=1S/C16H20BrNO3/c1-11-9-12(4-6-14(11)17)5-7-15(19)18-8-2-3-13(10-18)16(20)21/h4,6,9,13H,2-3,5,7-8,10H2,1H3,(H,20,21)/t13-/m0/s1. The maximum Gasteiger partial charge on any atom is 0.308 e. The van der Waals surface area contributed by atoms with Gasteiger partial charge in [0.25, 0.3) is 0 Å². The van der Waals surface area contributed by atoms with Crippen LogP contribution in [0.25, 0.3) is 0 Å². The highest BCUT2D eigenvalue weighted by Gasteiger charge is 2.27. The van der Waals surface area contributed by atoms with E-state index in [-0.39, 0.29) is 5.91 Å². The molecule has 5 heteroatoms. The normalized spacial score (nSPS) is 18.6. The number of benzene rings is 1. The number of carbonyl (C=O) groups excluding carboxylic acids is 1. The van der Waals surface area contributed by atoms with Crippen molar-refractivity contribution >= 4 is 27.8 Å². The Morgan fingerprint density at radius 1 is 1.43 bits per heavy atom. The number of hydrogen-bond donors (Lipinski definition) is 1. The molecule has 1 saturated heterocycles. The Morgan fingerprint density at radius 3 is 2.86 bits per heavy atom. The molecule has 1 fully saturated rings. The fraction of sp³-hybridized carbons (Fsp3) is 0.500. The second-order valence-electron chi connectivity index (χ2n) is 5.60. The number of halogens is 1. The SMILES string of the molecule is Cc1cc(CCC(=O)N2CCC[C@H](C(=O)O)C2)ccc1Br. The molecule has 1 amide bonds. The second kappa shape index (κ2) is 7.07. The number of aliphatic carboxylic acids is 1. The third-order valence-electron chi connectivity index (χ3n) is 3.97.